The third kappa shape index (κ3) is 1.49. The molecular formula is C22H22N2O4. The third-order valence-electron chi connectivity index (χ3n) is 8.06. The van der Waals surface area contributed by atoms with Crippen molar-refractivity contribution in [3.05, 3.63) is 41.5 Å². The molecule has 4 aliphatic heterocycles. The summed E-state index contributed by atoms with van der Waals surface area (Å²) in [5, 5.41) is 3.82. The Morgan fingerprint density at radius 1 is 1.36 bits per heavy atom. The number of hydrogen-bond donors (Lipinski definition) is 1. The molecule has 0 radical (unpaired) electrons. The van der Waals surface area contributed by atoms with Crippen LogP contribution >= 0.6 is 0 Å². The van der Waals surface area contributed by atoms with Gasteiger partial charge in [-0.15, -0.1) is 0 Å². The molecule has 1 N–H and O–H groups in total. The summed E-state index contributed by atoms with van der Waals surface area (Å²) in [5.74, 6) is 1.59. The lowest BCUT2D eigenvalue weighted by Crippen LogP contribution is -2.62. The molecule has 0 aromatic heterocycles. The molecule has 1 saturated carbocycles. The second kappa shape index (κ2) is 4.74. The van der Waals surface area contributed by atoms with Gasteiger partial charge in [0.15, 0.2) is 11.5 Å². The van der Waals surface area contributed by atoms with Crippen LogP contribution in [0.15, 0.2) is 35.9 Å². The van der Waals surface area contributed by atoms with Gasteiger partial charge in [0.25, 0.3) is 0 Å². The summed E-state index contributed by atoms with van der Waals surface area (Å²) >= 11 is 0. The predicted octanol–water partition coefficient (Wildman–Crippen LogP) is 2.21. The number of ether oxygens (including phenoxy) is 3. The summed E-state index contributed by atoms with van der Waals surface area (Å²) in [4.78, 5) is 15.3. The van der Waals surface area contributed by atoms with Gasteiger partial charge in [-0.05, 0) is 31.0 Å². The van der Waals surface area contributed by atoms with Gasteiger partial charge in [0, 0.05) is 40.9 Å². The maximum Gasteiger partial charge on any atom is 0.333 e. The summed E-state index contributed by atoms with van der Waals surface area (Å²) in [6.07, 6.45) is 8.93. The predicted molar refractivity (Wildman–Crippen MR) is 101 cm³/mol. The number of anilines is 1. The van der Waals surface area contributed by atoms with E-state index in [-0.39, 0.29) is 35.6 Å². The van der Waals surface area contributed by atoms with E-state index >= 15 is 0 Å². The van der Waals surface area contributed by atoms with E-state index in [1.54, 1.807) is 0 Å². The average Bonchev–Trinajstić information content (AvgIpc) is 3.46. The smallest absolute Gasteiger partial charge is 0.333 e. The number of carbonyl (C=O) groups excluding carboxylic acids is 1. The van der Waals surface area contributed by atoms with E-state index in [0.29, 0.717) is 6.04 Å². The van der Waals surface area contributed by atoms with Crippen LogP contribution in [0.5, 0.6) is 11.5 Å². The Balaban J connectivity index is 1.49. The molecule has 2 bridgehead atoms. The molecule has 2 unspecified atom stereocenters. The Bertz CT molecular complexity index is 1000. The number of carbonyl (C=O) groups is 1. The summed E-state index contributed by atoms with van der Waals surface area (Å²) in [7, 11) is 1.48. The normalized spacial score (nSPS) is 40.5. The minimum absolute atomic E-state index is 0.0315. The van der Waals surface area contributed by atoms with Gasteiger partial charge in [0.05, 0.1) is 12.8 Å². The maximum absolute atomic E-state index is 12.7. The van der Waals surface area contributed by atoms with Gasteiger partial charge >= 0.3 is 5.97 Å². The summed E-state index contributed by atoms with van der Waals surface area (Å²) in [6, 6.07) is 4.80. The van der Waals surface area contributed by atoms with Gasteiger partial charge in [-0.2, -0.15) is 0 Å². The number of nitrogens with zero attached hydrogens (tertiary/aromatic N) is 1. The van der Waals surface area contributed by atoms with E-state index in [1.165, 1.54) is 12.7 Å². The first-order chi connectivity index (χ1) is 13.7. The van der Waals surface area contributed by atoms with Crippen LogP contribution in [0, 0.1) is 11.3 Å². The van der Waals surface area contributed by atoms with Gasteiger partial charge in [-0.25, -0.2) is 4.79 Å². The topological polar surface area (TPSA) is 60.0 Å². The summed E-state index contributed by atoms with van der Waals surface area (Å²) in [5.41, 5.74) is 3.11. The van der Waals surface area contributed by atoms with Crippen molar-refractivity contribution in [3.8, 4) is 11.5 Å². The minimum atomic E-state index is -0.190. The Labute approximate surface area is 163 Å². The van der Waals surface area contributed by atoms with Crippen LogP contribution in [0.3, 0.4) is 0 Å². The zero-order valence-electron chi connectivity index (χ0n) is 15.7. The fourth-order valence-electron chi connectivity index (χ4n) is 7.34. The lowest BCUT2D eigenvalue weighted by molar-refractivity contribution is -0.136. The lowest BCUT2D eigenvalue weighted by Gasteiger charge is -2.54. The molecular weight excluding hydrogens is 356 g/mol. The molecule has 144 valence electrons. The fraction of sp³-hybridized carbons (Fsp3) is 0.500. The molecule has 6 aliphatic rings. The number of nitrogens with one attached hydrogen (secondary N) is 1. The van der Waals surface area contributed by atoms with E-state index in [9.17, 15) is 4.79 Å². The van der Waals surface area contributed by atoms with Gasteiger partial charge < -0.3 is 19.5 Å². The molecule has 7 rings (SSSR count). The van der Waals surface area contributed by atoms with E-state index in [1.807, 2.05) is 0 Å². The highest BCUT2D eigenvalue weighted by atomic mass is 16.7. The molecule has 1 aromatic carbocycles. The molecule has 6 nitrogen and oxygen atoms in total. The zero-order valence-corrected chi connectivity index (χ0v) is 15.7. The first kappa shape index (κ1) is 15.5. The first-order valence-electron chi connectivity index (χ1n) is 10.1. The monoisotopic (exact) mass is 378 g/mol. The molecule has 2 fully saturated rings. The summed E-state index contributed by atoms with van der Waals surface area (Å²) < 4.78 is 16.6. The number of hydrogen-bond acceptors (Lipinski definition) is 6. The quantitative estimate of drug-likeness (QED) is 0.597. The van der Waals surface area contributed by atoms with Crippen molar-refractivity contribution in [2.24, 2.45) is 11.3 Å². The van der Waals surface area contributed by atoms with Crippen LogP contribution in [0.2, 0.25) is 0 Å². The molecule has 1 aromatic rings. The van der Waals surface area contributed by atoms with Crippen LogP contribution < -0.4 is 14.8 Å². The van der Waals surface area contributed by atoms with Crippen molar-refractivity contribution in [2.45, 2.75) is 30.3 Å². The molecule has 6 heteroatoms. The minimum Gasteiger partial charge on any atom is -0.466 e. The largest absolute Gasteiger partial charge is 0.466 e. The lowest BCUT2D eigenvalue weighted by atomic mass is 9.54. The SMILES string of the molecule is COC(=O)C1=C[C@@]23C=CCN4CCC5(c6ccc7c(c6NC5[C@H]1C2)OCO7)[C@@H]43. The molecule has 2 spiro atoms. The highest BCUT2D eigenvalue weighted by Crippen LogP contribution is 2.68. The second-order valence-electron chi connectivity index (χ2n) is 8.95. The highest BCUT2D eigenvalue weighted by molar-refractivity contribution is 5.91. The highest BCUT2D eigenvalue weighted by Gasteiger charge is 2.71. The number of esters is 1. The van der Waals surface area contributed by atoms with E-state index in [0.717, 1.165) is 48.7 Å². The molecule has 4 heterocycles. The van der Waals surface area contributed by atoms with Crippen LogP contribution in [0.4, 0.5) is 5.69 Å². The Morgan fingerprint density at radius 2 is 2.29 bits per heavy atom. The molecule has 0 amide bonds. The standard InChI is InChI=1S/C22H22N2O4/c1-26-19(25)13-10-21-5-2-7-24-8-6-22(20(21)24)14-3-4-15-17(28-11-27-15)16(14)23-18(22)12(13)9-21/h2-5,10,12,18,20,23H,6-9,11H2,1H3/t12-,18?,20-,21+,22?/m0/s1. The number of fused-ring (bicyclic) bond motifs is 5. The van der Waals surface area contributed by atoms with Crippen molar-refractivity contribution >= 4 is 11.7 Å². The van der Waals surface area contributed by atoms with Crippen LogP contribution in [0.25, 0.3) is 0 Å². The maximum atomic E-state index is 12.7. The van der Waals surface area contributed by atoms with Crippen molar-refractivity contribution in [1.82, 2.24) is 4.90 Å². The average molecular weight is 378 g/mol. The molecule has 5 atom stereocenters. The molecule has 2 aliphatic carbocycles. The van der Waals surface area contributed by atoms with Gasteiger partial charge in [-0.3, -0.25) is 4.90 Å². The molecule has 28 heavy (non-hydrogen) atoms. The van der Waals surface area contributed by atoms with E-state index in [4.69, 9.17) is 14.2 Å². The van der Waals surface area contributed by atoms with Crippen molar-refractivity contribution in [1.29, 1.82) is 0 Å². The fourth-order valence-corrected chi connectivity index (χ4v) is 7.34. The number of benzene rings is 1. The second-order valence-corrected chi connectivity index (χ2v) is 8.95. The molecule has 1 saturated heterocycles. The van der Waals surface area contributed by atoms with E-state index < -0.39 is 0 Å². The van der Waals surface area contributed by atoms with Crippen molar-refractivity contribution < 1.29 is 19.0 Å². The Hall–Kier alpha value is -2.47. The van der Waals surface area contributed by atoms with Crippen LogP contribution in [-0.2, 0) is 14.9 Å². The number of methoxy groups -OCH3 is 1. The Morgan fingerprint density at radius 3 is 3.18 bits per heavy atom. The van der Waals surface area contributed by atoms with Gasteiger partial charge in [0.1, 0.15) is 0 Å². The van der Waals surface area contributed by atoms with Crippen LogP contribution in [0.1, 0.15) is 18.4 Å². The first-order valence-corrected chi connectivity index (χ1v) is 10.1. The summed E-state index contributed by atoms with van der Waals surface area (Å²) in [6.45, 7) is 2.33. The Kier molecular flexibility index (Phi) is 2.62. The zero-order chi connectivity index (χ0) is 18.7. The van der Waals surface area contributed by atoms with Gasteiger partial charge in [-0.1, -0.05) is 24.3 Å². The van der Waals surface area contributed by atoms with Crippen molar-refractivity contribution in [3.63, 3.8) is 0 Å². The van der Waals surface area contributed by atoms with Crippen LogP contribution in [-0.4, -0.2) is 49.9 Å². The van der Waals surface area contributed by atoms with Crippen molar-refractivity contribution in [2.75, 3.05) is 32.3 Å². The number of rotatable bonds is 1. The third-order valence-corrected chi connectivity index (χ3v) is 8.06. The van der Waals surface area contributed by atoms with E-state index in [2.05, 4.69) is 40.6 Å². The van der Waals surface area contributed by atoms with Gasteiger partial charge in [0.2, 0.25) is 6.79 Å².